The molecule has 0 radical (unpaired) electrons. The molecule has 0 aliphatic rings. The van der Waals surface area contributed by atoms with Crippen LogP contribution in [0.15, 0.2) is 10.8 Å². The summed E-state index contributed by atoms with van der Waals surface area (Å²) in [6.45, 7) is 0. The molecule has 0 aliphatic heterocycles. The van der Waals surface area contributed by atoms with Crippen LogP contribution in [0.25, 0.3) is 9.40 Å². The first kappa shape index (κ1) is 7.30. The zero-order valence-corrected chi connectivity index (χ0v) is 7.50. The summed E-state index contributed by atoms with van der Waals surface area (Å²) in [5.41, 5.74) is 1.36. The van der Waals surface area contributed by atoms with Crippen molar-refractivity contribution in [3.63, 3.8) is 0 Å². The molecule has 0 amide bonds. The van der Waals surface area contributed by atoms with Gasteiger partial charge in [0.15, 0.2) is 0 Å². The molecule has 0 bridgehead atoms. The maximum Gasteiger partial charge on any atom is 0.102 e. The third-order valence-electron chi connectivity index (χ3n) is 1.53. The van der Waals surface area contributed by atoms with Crippen molar-refractivity contribution >= 4 is 32.1 Å². The van der Waals surface area contributed by atoms with E-state index in [-0.39, 0.29) is 0 Å². The van der Waals surface area contributed by atoms with Crippen LogP contribution in [0, 0.1) is 22.7 Å². The highest BCUT2D eigenvalue weighted by Gasteiger charge is 2.09. The van der Waals surface area contributed by atoms with Crippen LogP contribution in [0.3, 0.4) is 0 Å². The van der Waals surface area contributed by atoms with Gasteiger partial charge >= 0.3 is 0 Å². The second kappa shape index (κ2) is 2.60. The minimum Gasteiger partial charge on any atom is -0.192 e. The highest BCUT2D eigenvalue weighted by Crippen LogP contribution is 2.33. The Kier molecular flexibility index (Phi) is 1.58. The van der Waals surface area contributed by atoms with Gasteiger partial charge in [-0.3, -0.25) is 0 Å². The van der Waals surface area contributed by atoms with E-state index in [4.69, 9.17) is 10.5 Å². The van der Waals surface area contributed by atoms with E-state index >= 15 is 0 Å². The van der Waals surface area contributed by atoms with Gasteiger partial charge in [-0.15, -0.1) is 22.7 Å². The quantitative estimate of drug-likeness (QED) is 0.641. The Labute approximate surface area is 76.9 Å². The van der Waals surface area contributed by atoms with Crippen LogP contribution in [-0.4, -0.2) is 0 Å². The van der Waals surface area contributed by atoms with E-state index in [0.717, 1.165) is 9.40 Å². The summed E-state index contributed by atoms with van der Waals surface area (Å²) in [6, 6.07) is 4.20. The minimum atomic E-state index is 0.682. The van der Waals surface area contributed by atoms with Crippen molar-refractivity contribution in [2.45, 2.75) is 0 Å². The summed E-state index contributed by atoms with van der Waals surface area (Å²) < 4.78 is 1.89. The first-order valence-corrected chi connectivity index (χ1v) is 4.91. The van der Waals surface area contributed by atoms with E-state index in [1.165, 1.54) is 22.7 Å². The van der Waals surface area contributed by atoms with Gasteiger partial charge in [0.05, 0.1) is 20.5 Å². The van der Waals surface area contributed by atoms with Crippen molar-refractivity contribution < 1.29 is 0 Å². The average molecular weight is 190 g/mol. The molecule has 0 aromatic carbocycles. The molecule has 0 spiro atoms. The van der Waals surface area contributed by atoms with Crippen molar-refractivity contribution in [1.29, 1.82) is 10.5 Å². The zero-order valence-electron chi connectivity index (χ0n) is 5.87. The lowest BCUT2D eigenvalue weighted by atomic mass is 10.3. The van der Waals surface area contributed by atoms with Gasteiger partial charge in [-0.1, -0.05) is 0 Å². The molecule has 0 atom stereocenters. The minimum absolute atomic E-state index is 0.682. The second-order valence-corrected chi connectivity index (χ2v) is 3.94. The predicted molar refractivity (Wildman–Crippen MR) is 49.1 cm³/mol. The Morgan fingerprint density at radius 1 is 0.917 bits per heavy atom. The fraction of sp³-hybridized carbons (Fsp3) is 0. The molecule has 0 saturated carbocycles. The molecule has 0 saturated heterocycles. The van der Waals surface area contributed by atoms with Gasteiger partial charge in [-0.05, 0) is 0 Å². The number of fused-ring (bicyclic) bond motifs is 1. The van der Waals surface area contributed by atoms with E-state index in [2.05, 4.69) is 12.1 Å². The SMILES string of the molecule is N#Cc1csc2c(C#N)csc12. The molecule has 2 heterocycles. The summed E-state index contributed by atoms with van der Waals surface area (Å²) >= 11 is 2.92. The van der Waals surface area contributed by atoms with Gasteiger partial charge in [0.1, 0.15) is 12.1 Å². The molecule has 56 valence electrons. The van der Waals surface area contributed by atoms with Gasteiger partial charge < -0.3 is 0 Å². The molecule has 2 aromatic rings. The normalized spacial score (nSPS) is 9.50. The fourth-order valence-electron chi connectivity index (χ4n) is 0.976. The Balaban J connectivity index is 2.87. The first-order valence-electron chi connectivity index (χ1n) is 3.15. The van der Waals surface area contributed by atoms with Gasteiger partial charge in [0, 0.05) is 10.8 Å². The molecule has 0 unspecified atom stereocenters. The van der Waals surface area contributed by atoms with Crippen LogP contribution in [0.5, 0.6) is 0 Å². The molecular formula is C8H2N2S2. The van der Waals surface area contributed by atoms with E-state index in [9.17, 15) is 0 Å². The lowest BCUT2D eigenvalue weighted by Gasteiger charge is -1.74. The number of rotatable bonds is 0. The Hall–Kier alpha value is -1.36. The topological polar surface area (TPSA) is 47.6 Å². The highest BCUT2D eigenvalue weighted by atomic mass is 32.1. The maximum atomic E-state index is 8.69. The van der Waals surface area contributed by atoms with Crippen molar-refractivity contribution in [1.82, 2.24) is 0 Å². The molecule has 4 heteroatoms. The number of thiophene rings is 2. The molecule has 2 aromatic heterocycles. The maximum absolute atomic E-state index is 8.69. The molecule has 2 rings (SSSR count). The van der Waals surface area contributed by atoms with Gasteiger partial charge in [0.25, 0.3) is 0 Å². The number of hydrogen-bond donors (Lipinski definition) is 0. The summed E-state index contributed by atoms with van der Waals surface area (Å²) in [6.07, 6.45) is 0. The standard InChI is InChI=1S/C8H2N2S2/c9-1-5-3-11-8-6(2-10)4-12-7(5)8/h3-4H. The summed E-state index contributed by atoms with van der Waals surface area (Å²) in [5, 5.41) is 21.0. The zero-order chi connectivity index (χ0) is 8.55. The van der Waals surface area contributed by atoms with Crippen LogP contribution in [-0.2, 0) is 0 Å². The third-order valence-corrected chi connectivity index (χ3v) is 3.68. The molecule has 12 heavy (non-hydrogen) atoms. The molecule has 0 fully saturated rings. The second-order valence-electron chi connectivity index (χ2n) is 2.18. The Bertz CT molecular complexity index is 459. The average Bonchev–Trinajstić information content (AvgIpc) is 2.62. The van der Waals surface area contributed by atoms with Gasteiger partial charge in [-0.2, -0.15) is 10.5 Å². The van der Waals surface area contributed by atoms with Crippen LogP contribution in [0.1, 0.15) is 11.1 Å². The highest BCUT2D eigenvalue weighted by molar-refractivity contribution is 7.26. The van der Waals surface area contributed by atoms with Crippen LogP contribution >= 0.6 is 22.7 Å². The van der Waals surface area contributed by atoms with E-state index in [0.29, 0.717) is 11.1 Å². The molecule has 0 aliphatic carbocycles. The van der Waals surface area contributed by atoms with E-state index in [1.54, 1.807) is 10.8 Å². The summed E-state index contributed by atoms with van der Waals surface area (Å²) in [5.74, 6) is 0. The number of nitriles is 2. The van der Waals surface area contributed by atoms with Crippen molar-refractivity contribution in [3.05, 3.63) is 21.9 Å². The molecular weight excluding hydrogens is 188 g/mol. The number of hydrogen-bond acceptors (Lipinski definition) is 4. The lowest BCUT2D eigenvalue weighted by molar-refractivity contribution is 1.52. The number of nitrogens with zero attached hydrogens (tertiary/aromatic N) is 2. The Morgan fingerprint density at radius 2 is 1.33 bits per heavy atom. The third kappa shape index (κ3) is 0.831. The Morgan fingerprint density at radius 3 is 1.67 bits per heavy atom. The van der Waals surface area contributed by atoms with Crippen LogP contribution in [0.2, 0.25) is 0 Å². The van der Waals surface area contributed by atoms with Gasteiger partial charge in [-0.25, -0.2) is 0 Å². The van der Waals surface area contributed by atoms with Crippen molar-refractivity contribution in [2.75, 3.05) is 0 Å². The van der Waals surface area contributed by atoms with Crippen molar-refractivity contribution in [3.8, 4) is 12.1 Å². The van der Waals surface area contributed by atoms with Gasteiger partial charge in [0.2, 0.25) is 0 Å². The van der Waals surface area contributed by atoms with Crippen LogP contribution < -0.4 is 0 Å². The van der Waals surface area contributed by atoms with Crippen LogP contribution in [0.4, 0.5) is 0 Å². The molecule has 2 nitrogen and oxygen atoms in total. The first-order chi connectivity index (χ1) is 5.86. The molecule has 0 N–H and O–H groups in total. The van der Waals surface area contributed by atoms with E-state index in [1.807, 2.05) is 0 Å². The predicted octanol–water partition coefficient (Wildman–Crippen LogP) is 2.71. The smallest absolute Gasteiger partial charge is 0.102 e. The fourth-order valence-corrected chi connectivity index (χ4v) is 3.12. The van der Waals surface area contributed by atoms with E-state index < -0.39 is 0 Å². The summed E-state index contributed by atoms with van der Waals surface area (Å²) in [4.78, 5) is 0. The monoisotopic (exact) mass is 190 g/mol. The largest absolute Gasteiger partial charge is 0.192 e. The lowest BCUT2D eigenvalue weighted by Crippen LogP contribution is -1.61. The summed E-state index contributed by atoms with van der Waals surface area (Å²) in [7, 11) is 0. The van der Waals surface area contributed by atoms with Crippen molar-refractivity contribution in [2.24, 2.45) is 0 Å².